The Hall–Kier alpha value is -3.68. The van der Waals surface area contributed by atoms with Crippen molar-refractivity contribution >= 4 is 35.1 Å². The Morgan fingerprint density at radius 1 is 1.10 bits per heavy atom. The van der Waals surface area contributed by atoms with Crippen LogP contribution in [0.15, 0.2) is 48.5 Å². The summed E-state index contributed by atoms with van der Waals surface area (Å²) in [5.41, 5.74) is 6.83. The van der Waals surface area contributed by atoms with Gasteiger partial charge in [-0.2, -0.15) is 0 Å². The molecule has 0 radical (unpaired) electrons. The van der Waals surface area contributed by atoms with Crippen molar-refractivity contribution in [3.63, 3.8) is 0 Å². The van der Waals surface area contributed by atoms with Crippen LogP contribution < -0.4 is 16.0 Å². The summed E-state index contributed by atoms with van der Waals surface area (Å²) in [7, 11) is 0. The molecule has 0 aromatic heterocycles. The van der Waals surface area contributed by atoms with Crippen molar-refractivity contribution < 1.29 is 23.9 Å². The van der Waals surface area contributed by atoms with Gasteiger partial charge in [0.05, 0.1) is 5.56 Å². The molecule has 1 saturated heterocycles. The third-order valence-electron chi connectivity index (χ3n) is 4.56. The number of carbonyl (C=O) groups excluding carboxylic acids is 4. The maximum Gasteiger partial charge on any atom is 0.338 e. The zero-order valence-electron chi connectivity index (χ0n) is 15.9. The molecule has 1 atom stereocenters. The molecule has 3 rings (SSSR count). The van der Waals surface area contributed by atoms with Crippen LogP contribution in [0.3, 0.4) is 0 Å². The Morgan fingerprint density at radius 2 is 1.83 bits per heavy atom. The quantitative estimate of drug-likeness (QED) is 0.726. The third-order valence-corrected chi connectivity index (χ3v) is 4.56. The second-order valence-corrected chi connectivity index (χ2v) is 6.68. The molecule has 29 heavy (non-hydrogen) atoms. The topological polar surface area (TPSA) is 119 Å². The lowest BCUT2D eigenvalue weighted by atomic mass is 10.2. The van der Waals surface area contributed by atoms with E-state index in [2.05, 4.69) is 5.32 Å². The van der Waals surface area contributed by atoms with E-state index in [0.29, 0.717) is 29.9 Å². The van der Waals surface area contributed by atoms with Crippen LogP contribution in [0.1, 0.15) is 40.5 Å². The molecule has 1 fully saturated rings. The van der Waals surface area contributed by atoms with Crippen molar-refractivity contribution in [2.24, 2.45) is 5.73 Å². The number of hydrogen-bond donors (Lipinski definition) is 2. The van der Waals surface area contributed by atoms with Gasteiger partial charge in [0.2, 0.25) is 11.8 Å². The minimum absolute atomic E-state index is 0.0191. The summed E-state index contributed by atoms with van der Waals surface area (Å²) in [6.07, 6.45) is 0.229. The molecule has 150 valence electrons. The highest BCUT2D eigenvalue weighted by Crippen LogP contribution is 2.22. The molecule has 1 heterocycles. The molecular formula is C21H21N3O5. The van der Waals surface area contributed by atoms with Gasteiger partial charge in [0, 0.05) is 29.9 Å². The van der Waals surface area contributed by atoms with E-state index in [9.17, 15) is 19.2 Å². The molecule has 0 aliphatic carbocycles. The molecule has 8 heteroatoms. The summed E-state index contributed by atoms with van der Waals surface area (Å²) in [5, 5.41) is 2.61. The minimum Gasteiger partial charge on any atom is -0.449 e. The normalized spacial score (nSPS) is 14.4. The van der Waals surface area contributed by atoms with E-state index in [0.717, 1.165) is 6.42 Å². The Balaban J connectivity index is 1.61. The van der Waals surface area contributed by atoms with Crippen molar-refractivity contribution in [1.29, 1.82) is 0 Å². The average Bonchev–Trinajstić information content (AvgIpc) is 3.14. The first-order valence-corrected chi connectivity index (χ1v) is 9.17. The summed E-state index contributed by atoms with van der Waals surface area (Å²) in [6.45, 7) is 2.07. The lowest BCUT2D eigenvalue weighted by Gasteiger charge is -2.17. The number of anilines is 2. The molecule has 2 aromatic rings. The number of benzene rings is 2. The molecule has 8 nitrogen and oxygen atoms in total. The van der Waals surface area contributed by atoms with E-state index in [4.69, 9.17) is 10.5 Å². The molecular weight excluding hydrogens is 374 g/mol. The van der Waals surface area contributed by atoms with Crippen LogP contribution in [0.25, 0.3) is 0 Å². The maximum atomic E-state index is 12.4. The molecule has 0 spiro atoms. The number of ether oxygens (including phenoxy) is 1. The van der Waals surface area contributed by atoms with Gasteiger partial charge in [0.25, 0.3) is 5.91 Å². The standard InChI is InChI=1S/C21H21N3O5/c1-13(20(27)23-16-9-7-14(8-10-16)19(22)26)29-21(28)15-4-2-5-17(12-15)24-11-3-6-18(24)25/h2,4-5,7-10,12-13H,3,6,11H2,1H3,(H2,22,26)(H,23,27). The lowest BCUT2D eigenvalue weighted by molar-refractivity contribution is -0.123. The van der Waals surface area contributed by atoms with Crippen molar-refractivity contribution in [3.05, 3.63) is 59.7 Å². The Kier molecular flexibility index (Phi) is 5.92. The van der Waals surface area contributed by atoms with Gasteiger partial charge in [-0.15, -0.1) is 0 Å². The first-order chi connectivity index (χ1) is 13.8. The van der Waals surface area contributed by atoms with Gasteiger partial charge in [-0.3, -0.25) is 14.4 Å². The van der Waals surface area contributed by atoms with E-state index < -0.39 is 23.9 Å². The summed E-state index contributed by atoms with van der Waals surface area (Å²) in [5.74, 6) is -1.73. The highest BCUT2D eigenvalue weighted by atomic mass is 16.5. The van der Waals surface area contributed by atoms with Gasteiger partial charge >= 0.3 is 5.97 Å². The lowest BCUT2D eigenvalue weighted by Crippen LogP contribution is -2.30. The van der Waals surface area contributed by atoms with Crippen molar-refractivity contribution in [2.45, 2.75) is 25.9 Å². The van der Waals surface area contributed by atoms with E-state index in [1.54, 1.807) is 29.2 Å². The zero-order chi connectivity index (χ0) is 21.0. The highest BCUT2D eigenvalue weighted by molar-refractivity contribution is 6.00. The molecule has 1 aliphatic heterocycles. The number of amides is 3. The van der Waals surface area contributed by atoms with Gasteiger partial charge in [0.15, 0.2) is 6.10 Å². The number of rotatable bonds is 6. The van der Waals surface area contributed by atoms with Gasteiger partial charge in [-0.1, -0.05) is 6.07 Å². The third kappa shape index (κ3) is 4.78. The van der Waals surface area contributed by atoms with E-state index in [1.807, 2.05) is 0 Å². The van der Waals surface area contributed by atoms with E-state index in [-0.39, 0.29) is 11.5 Å². The fourth-order valence-corrected chi connectivity index (χ4v) is 2.97. The Labute approximate surface area is 167 Å². The van der Waals surface area contributed by atoms with Crippen molar-refractivity contribution in [3.8, 4) is 0 Å². The molecule has 3 amide bonds. The number of hydrogen-bond acceptors (Lipinski definition) is 5. The van der Waals surface area contributed by atoms with Gasteiger partial charge in [-0.05, 0) is 55.8 Å². The molecule has 3 N–H and O–H groups in total. The minimum atomic E-state index is -1.05. The van der Waals surface area contributed by atoms with Gasteiger partial charge in [0.1, 0.15) is 0 Å². The highest BCUT2D eigenvalue weighted by Gasteiger charge is 2.24. The van der Waals surface area contributed by atoms with Crippen LogP contribution in [-0.4, -0.2) is 36.3 Å². The molecule has 1 unspecified atom stereocenters. The van der Waals surface area contributed by atoms with E-state index in [1.165, 1.54) is 31.2 Å². The number of primary amides is 1. The monoisotopic (exact) mass is 395 g/mol. The van der Waals surface area contributed by atoms with Crippen LogP contribution in [-0.2, 0) is 14.3 Å². The summed E-state index contributed by atoms with van der Waals surface area (Å²) < 4.78 is 5.25. The van der Waals surface area contributed by atoms with Gasteiger partial charge in [-0.25, -0.2) is 4.79 Å². The summed E-state index contributed by atoms with van der Waals surface area (Å²) in [4.78, 5) is 49.3. The number of nitrogens with one attached hydrogen (secondary N) is 1. The predicted octanol–water partition coefficient (Wildman–Crippen LogP) is 2.10. The maximum absolute atomic E-state index is 12.4. The van der Waals surface area contributed by atoms with Crippen LogP contribution in [0.2, 0.25) is 0 Å². The molecule has 0 bridgehead atoms. The van der Waals surface area contributed by atoms with Crippen molar-refractivity contribution in [1.82, 2.24) is 0 Å². The zero-order valence-corrected chi connectivity index (χ0v) is 15.9. The van der Waals surface area contributed by atoms with E-state index >= 15 is 0 Å². The van der Waals surface area contributed by atoms with Crippen LogP contribution in [0, 0.1) is 0 Å². The SMILES string of the molecule is CC(OC(=O)c1cccc(N2CCCC2=O)c1)C(=O)Nc1ccc(C(N)=O)cc1. The summed E-state index contributed by atoms with van der Waals surface area (Å²) >= 11 is 0. The second-order valence-electron chi connectivity index (χ2n) is 6.68. The van der Waals surface area contributed by atoms with Crippen LogP contribution in [0.4, 0.5) is 11.4 Å². The average molecular weight is 395 g/mol. The fraction of sp³-hybridized carbons (Fsp3) is 0.238. The predicted molar refractivity (Wildman–Crippen MR) is 106 cm³/mol. The molecule has 0 saturated carbocycles. The fourth-order valence-electron chi connectivity index (χ4n) is 2.97. The van der Waals surface area contributed by atoms with Crippen molar-refractivity contribution in [2.75, 3.05) is 16.8 Å². The first kappa shape index (κ1) is 20.1. The molecule has 1 aliphatic rings. The number of nitrogens with two attached hydrogens (primary N) is 1. The largest absolute Gasteiger partial charge is 0.449 e. The second kappa shape index (κ2) is 8.55. The number of esters is 1. The Morgan fingerprint density at radius 3 is 2.45 bits per heavy atom. The summed E-state index contributed by atoms with van der Waals surface area (Å²) in [6, 6.07) is 12.6. The first-order valence-electron chi connectivity index (χ1n) is 9.17. The van der Waals surface area contributed by atoms with Crippen LogP contribution in [0.5, 0.6) is 0 Å². The Bertz CT molecular complexity index is 955. The van der Waals surface area contributed by atoms with Crippen LogP contribution >= 0.6 is 0 Å². The number of carbonyl (C=O) groups is 4. The van der Waals surface area contributed by atoms with Gasteiger partial charge < -0.3 is 20.7 Å². The molecule has 2 aromatic carbocycles. The number of nitrogens with zero attached hydrogens (tertiary/aromatic N) is 1. The smallest absolute Gasteiger partial charge is 0.338 e.